The van der Waals surface area contributed by atoms with Gasteiger partial charge in [0.25, 0.3) is 0 Å². The van der Waals surface area contributed by atoms with Gasteiger partial charge in [0.05, 0.1) is 11.9 Å². The molecule has 2 aromatic rings. The van der Waals surface area contributed by atoms with Crippen LogP contribution < -0.4 is 5.32 Å². The van der Waals surface area contributed by atoms with Crippen molar-refractivity contribution in [2.24, 2.45) is 0 Å². The molecule has 0 fully saturated rings. The lowest BCUT2D eigenvalue weighted by molar-refractivity contribution is 0.660. The number of aromatic nitrogens is 2. The van der Waals surface area contributed by atoms with E-state index in [0.717, 1.165) is 21.2 Å². The van der Waals surface area contributed by atoms with Crippen molar-refractivity contribution in [3.05, 3.63) is 45.1 Å². The van der Waals surface area contributed by atoms with E-state index >= 15 is 0 Å². The first-order chi connectivity index (χ1) is 8.60. The fourth-order valence-electron chi connectivity index (χ4n) is 1.79. The molecule has 1 aromatic carbocycles. The van der Waals surface area contributed by atoms with Crippen molar-refractivity contribution in [1.29, 1.82) is 0 Å². The van der Waals surface area contributed by atoms with Gasteiger partial charge < -0.3 is 5.32 Å². The SMILES string of the molecule is CCn1cc(NC(C)c2ccc(Br)cc2Br)cn1. The third-order valence-corrected chi connectivity index (χ3v) is 3.95. The first kappa shape index (κ1) is 13.6. The van der Waals surface area contributed by atoms with Crippen molar-refractivity contribution in [1.82, 2.24) is 9.78 Å². The molecule has 0 aliphatic heterocycles. The maximum Gasteiger partial charge on any atom is 0.0731 e. The third-order valence-electron chi connectivity index (χ3n) is 2.77. The standard InChI is InChI=1S/C13H15Br2N3/c1-3-18-8-11(7-16-18)17-9(2)12-5-4-10(14)6-13(12)15/h4-9,17H,3H2,1-2H3. The van der Waals surface area contributed by atoms with Crippen LogP contribution in [0.15, 0.2) is 39.5 Å². The zero-order valence-electron chi connectivity index (χ0n) is 10.3. The predicted octanol–water partition coefficient (Wildman–Crippen LogP) is 4.60. The second kappa shape index (κ2) is 5.89. The van der Waals surface area contributed by atoms with E-state index in [0.29, 0.717) is 0 Å². The maximum absolute atomic E-state index is 4.25. The second-order valence-electron chi connectivity index (χ2n) is 4.12. The Morgan fingerprint density at radius 2 is 2.17 bits per heavy atom. The second-order valence-corrected chi connectivity index (χ2v) is 5.89. The van der Waals surface area contributed by atoms with E-state index < -0.39 is 0 Å². The fourth-order valence-corrected chi connectivity index (χ4v) is 3.18. The number of anilines is 1. The summed E-state index contributed by atoms with van der Waals surface area (Å²) in [6, 6.07) is 6.44. The minimum absolute atomic E-state index is 0.224. The molecule has 0 aliphatic rings. The molecule has 0 amide bonds. The van der Waals surface area contributed by atoms with Crippen LogP contribution >= 0.6 is 31.9 Å². The van der Waals surface area contributed by atoms with Gasteiger partial charge >= 0.3 is 0 Å². The highest BCUT2D eigenvalue weighted by atomic mass is 79.9. The van der Waals surface area contributed by atoms with Gasteiger partial charge in [-0.25, -0.2) is 0 Å². The van der Waals surface area contributed by atoms with Gasteiger partial charge in [-0.3, -0.25) is 4.68 Å². The summed E-state index contributed by atoms with van der Waals surface area (Å²) < 4.78 is 4.08. The molecule has 0 saturated carbocycles. The number of hydrogen-bond donors (Lipinski definition) is 1. The van der Waals surface area contributed by atoms with E-state index in [9.17, 15) is 0 Å². The smallest absolute Gasteiger partial charge is 0.0731 e. The quantitative estimate of drug-likeness (QED) is 0.849. The minimum Gasteiger partial charge on any atom is -0.376 e. The third kappa shape index (κ3) is 3.14. The van der Waals surface area contributed by atoms with Crippen LogP contribution in [0, 0.1) is 0 Å². The van der Waals surface area contributed by atoms with Gasteiger partial charge in [-0.2, -0.15) is 5.10 Å². The number of benzene rings is 1. The molecule has 5 heteroatoms. The van der Waals surface area contributed by atoms with E-state index in [2.05, 4.69) is 68.3 Å². The number of halogens is 2. The molecular weight excluding hydrogens is 358 g/mol. The summed E-state index contributed by atoms with van der Waals surface area (Å²) in [5.74, 6) is 0. The van der Waals surface area contributed by atoms with Crippen LogP contribution in [0.4, 0.5) is 5.69 Å². The Balaban J connectivity index is 2.13. The molecular formula is C13H15Br2N3. The molecule has 0 radical (unpaired) electrons. The lowest BCUT2D eigenvalue weighted by atomic mass is 10.1. The molecule has 0 aliphatic carbocycles. The summed E-state index contributed by atoms with van der Waals surface area (Å²) in [5.41, 5.74) is 2.27. The summed E-state index contributed by atoms with van der Waals surface area (Å²) in [5, 5.41) is 7.70. The average molecular weight is 373 g/mol. The Hall–Kier alpha value is -0.810. The summed E-state index contributed by atoms with van der Waals surface area (Å²) >= 11 is 7.05. The number of nitrogens with zero attached hydrogens (tertiary/aromatic N) is 2. The molecule has 3 nitrogen and oxygen atoms in total. The molecule has 1 heterocycles. The van der Waals surface area contributed by atoms with Crippen molar-refractivity contribution < 1.29 is 0 Å². The van der Waals surface area contributed by atoms with Crippen molar-refractivity contribution in [2.75, 3.05) is 5.32 Å². The van der Waals surface area contributed by atoms with E-state index in [1.54, 1.807) is 0 Å². The lowest BCUT2D eigenvalue weighted by Crippen LogP contribution is -2.06. The van der Waals surface area contributed by atoms with Gasteiger partial charge in [-0.15, -0.1) is 0 Å². The van der Waals surface area contributed by atoms with Crippen LogP contribution in [0.5, 0.6) is 0 Å². The molecule has 1 unspecified atom stereocenters. The molecule has 2 rings (SSSR count). The molecule has 0 saturated heterocycles. The summed E-state index contributed by atoms with van der Waals surface area (Å²) in [6.45, 7) is 5.10. The average Bonchev–Trinajstić information content (AvgIpc) is 2.76. The fraction of sp³-hybridized carbons (Fsp3) is 0.308. The Bertz CT molecular complexity index is 537. The van der Waals surface area contributed by atoms with E-state index in [1.807, 2.05) is 23.1 Å². The topological polar surface area (TPSA) is 29.9 Å². The number of aryl methyl sites for hydroxylation is 1. The van der Waals surface area contributed by atoms with Crippen molar-refractivity contribution >= 4 is 37.5 Å². The summed E-state index contributed by atoms with van der Waals surface area (Å²) in [4.78, 5) is 0. The highest BCUT2D eigenvalue weighted by Crippen LogP contribution is 2.28. The highest BCUT2D eigenvalue weighted by Gasteiger charge is 2.10. The Morgan fingerprint density at radius 1 is 1.39 bits per heavy atom. The lowest BCUT2D eigenvalue weighted by Gasteiger charge is -2.16. The van der Waals surface area contributed by atoms with Gasteiger partial charge in [0.15, 0.2) is 0 Å². The summed E-state index contributed by atoms with van der Waals surface area (Å²) in [6.07, 6.45) is 3.87. The van der Waals surface area contributed by atoms with Crippen LogP contribution in [0.1, 0.15) is 25.5 Å². The first-order valence-corrected chi connectivity index (χ1v) is 7.42. The van der Waals surface area contributed by atoms with Gasteiger partial charge in [0.1, 0.15) is 0 Å². The van der Waals surface area contributed by atoms with Gasteiger partial charge in [-0.05, 0) is 31.5 Å². The predicted molar refractivity (Wildman–Crippen MR) is 81.8 cm³/mol. The molecule has 0 spiro atoms. The zero-order chi connectivity index (χ0) is 13.1. The van der Waals surface area contributed by atoms with Crippen LogP contribution in [-0.4, -0.2) is 9.78 Å². The first-order valence-electron chi connectivity index (χ1n) is 5.84. The van der Waals surface area contributed by atoms with Crippen molar-refractivity contribution in [3.8, 4) is 0 Å². The number of hydrogen-bond acceptors (Lipinski definition) is 2. The Morgan fingerprint density at radius 3 is 2.78 bits per heavy atom. The van der Waals surface area contributed by atoms with Gasteiger partial charge in [0.2, 0.25) is 0 Å². The van der Waals surface area contributed by atoms with E-state index in [4.69, 9.17) is 0 Å². The van der Waals surface area contributed by atoms with E-state index in [-0.39, 0.29) is 6.04 Å². The van der Waals surface area contributed by atoms with Crippen LogP contribution in [-0.2, 0) is 6.54 Å². The van der Waals surface area contributed by atoms with Gasteiger partial charge in [0, 0.05) is 27.7 Å². The Labute approximate surface area is 124 Å². The molecule has 18 heavy (non-hydrogen) atoms. The minimum atomic E-state index is 0.224. The highest BCUT2D eigenvalue weighted by molar-refractivity contribution is 9.11. The summed E-state index contributed by atoms with van der Waals surface area (Å²) in [7, 11) is 0. The van der Waals surface area contributed by atoms with E-state index in [1.165, 1.54) is 5.56 Å². The number of nitrogens with one attached hydrogen (secondary N) is 1. The monoisotopic (exact) mass is 371 g/mol. The maximum atomic E-state index is 4.25. The van der Waals surface area contributed by atoms with Gasteiger partial charge in [-0.1, -0.05) is 37.9 Å². The molecule has 0 bridgehead atoms. The van der Waals surface area contributed by atoms with Crippen LogP contribution in [0.3, 0.4) is 0 Å². The molecule has 1 atom stereocenters. The zero-order valence-corrected chi connectivity index (χ0v) is 13.5. The van der Waals surface area contributed by atoms with Crippen molar-refractivity contribution in [2.45, 2.75) is 26.4 Å². The largest absolute Gasteiger partial charge is 0.376 e. The molecule has 1 aromatic heterocycles. The van der Waals surface area contributed by atoms with Crippen LogP contribution in [0.25, 0.3) is 0 Å². The molecule has 1 N–H and O–H groups in total. The Kier molecular flexibility index (Phi) is 4.45. The molecule has 96 valence electrons. The number of rotatable bonds is 4. The normalized spacial score (nSPS) is 12.4. The van der Waals surface area contributed by atoms with Crippen molar-refractivity contribution in [3.63, 3.8) is 0 Å². The van der Waals surface area contributed by atoms with Crippen LogP contribution in [0.2, 0.25) is 0 Å².